The second-order valence-electron chi connectivity index (χ2n) is 9.41. The Morgan fingerprint density at radius 3 is 2.41 bits per heavy atom. The first kappa shape index (κ1) is 21.9. The van der Waals surface area contributed by atoms with E-state index in [2.05, 4.69) is 49.9 Å². The van der Waals surface area contributed by atoms with Crippen molar-refractivity contribution in [3.8, 4) is 23.1 Å². The van der Waals surface area contributed by atoms with E-state index in [1.165, 1.54) is 31.2 Å². The molecular formula is C28H29NO3. The van der Waals surface area contributed by atoms with Crippen molar-refractivity contribution in [3.05, 3.63) is 77.0 Å². The lowest BCUT2D eigenvalue weighted by atomic mass is 9.86. The topological polar surface area (TPSA) is 52.3 Å². The average molecular weight is 428 g/mol. The van der Waals surface area contributed by atoms with E-state index in [-0.39, 0.29) is 12.0 Å². The molecule has 1 aliphatic rings. The van der Waals surface area contributed by atoms with Crippen LogP contribution >= 0.6 is 0 Å². The van der Waals surface area contributed by atoms with Gasteiger partial charge < -0.3 is 9.26 Å². The van der Waals surface area contributed by atoms with Gasteiger partial charge in [0.15, 0.2) is 12.4 Å². The normalized spacial score (nSPS) is 14.1. The molecule has 2 aromatic carbocycles. The third-order valence-electron chi connectivity index (χ3n) is 5.85. The molecule has 164 valence electrons. The molecule has 0 spiro atoms. The fraction of sp³-hybridized carbons (Fsp3) is 0.357. The molecule has 1 heterocycles. The van der Waals surface area contributed by atoms with Crippen molar-refractivity contribution in [2.24, 2.45) is 5.92 Å². The molecule has 0 atom stereocenters. The highest BCUT2D eigenvalue weighted by molar-refractivity contribution is 5.89. The van der Waals surface area contributed by atoms with Crippen molar-refractivity contribution in [2.75, 3.05) is 0 Å². The summed E-state index contributed by atoms with van der Waals surface area (Å²) in [6.45, 7) is 6.58. The predicted octanol–water partition coefficient (Wildman–Crippen LogP) is 6.54. The summed E-state index contributed by atoms with van der Waals surface area (Å²) < 4.78 is 10.8. The number of benzene rings is 2. The number of ether oxygens (including phenoxy) is 1. The van der Waals surface area contributed by atoms with Crippen molar-refractivity contribution in [1.29, 1.82) is 0 Å². The minimum absolute atomic E-state index is 0.0369. The second kappa shape index (κ2) is 9.44. The Balaban J connectivity index is 1.33. The van der Waals surface area contributed by atoms with Crippen molar-refractivity contribution in [3.63, 3.8) is 0 Å². The lowest BCUT2D eigenvalue weighted by molar-refractivity contribution is 0.0437. The van der Waals surface area contributed by atoms with Gasteiger partial charge >= 0.3 is 5.97 Å². The fourth-order valence-corrected chi connectivity index (χ4v) is 3.82. The zero-order valence-electron chi connectivity index (χ0n) is 19.0. The van der Waals surface area contributed by atoms with Crippen LogP contribution in [0.3, 0.4) is 0 Å². The van der Waals surface area contributed by atoms with Gasteiger partial charge in [0.05, 0.1) is 5.56 Å². The van der Waals surface area contributed by atoms with Gasteiger partial charge in [-0.25, -0.2) is 4.79 Å². The van der Waals surface area contributed by atoms with E-state index in [9.17, 15) is 4.79 Å². The largest absolute Gasteiger partial charge is 0.454 e. The maximum Gasteiger partial charge on any atom is 0.338 e. The molecule has 4 nitrogen and oxygen atoms in total. The molecule has 0 radical (unpaired) electrons. The van der Waals surface area contributed by atoms with Gasteiger partial charge in [0.25, 0.3) is 0 Å². The summed E-state index contributed by atoms with van der Waals surface area (Å²) in [6, 6.07) is 17.3. The Kier molecular flexibility index (Phi) is 6.46. The molecule has 1 aromatic heterocycles. The summed E-state index contributed by atoms with van der Waals surface area (Å²) in [6.07, 6.45) is 4.95. The van der Waals surface area contributed by atoms with Crippen molar-refractivity contribution in [2.45, 2.75) is 58.5 Å². The van der Waals surface area contributed by atoms with E-state index in [1.54, 1.807) is 18.2 Å². The minimum atomic E-state index is -0.396. The molecular weight excluding hydrogens is 398 g/mol. The predicted molar refractivity (Wildman–Crippen MR) is 125 cm³/mol. The third-order valence-corrected chi connectivity index (χ3v) is 5.85. The molecule has 0 N–H and O–H groups in total. The van der Waals surface area contributed by atoms with E-state index >= 15 is 0 Å². The van der Waals surface area contributed by atoms with E-state index in [1.807, 2.05) is 24.3 Å². The van der Waals surface area contributed by atoms with Crippen LogP contribution < -0.4 is 0 Å². The van der Waals surface area contributed by atoms with Gasteiger partial charge in [-0.1, -0.05) is 74.9 Å². The van der Waals surface area contributed by atoms with Crippen LogP contribution in [0, 0.1) is 17.8 Å². The van der Waals surface area contributed by atoms with E-state index in [4.69, 9.17) is 9.26 Å². The van der Waals surface area contributed by atoms with Crippen molar-refractivity contribution < 1.29 is 14.1 Å². The lowest BCUT2D eigenvalue weighted by Gasteiger charge is -2.18. The number of hydrogen-bond donors (Lipinski definition) is 0. The lowest BCUT2D eigenvalue weighted by Crippen LogP contribution is -2.10. The van der Waals surface area contributed by atoms with E-state index in [0.717, 1.165) is 16.8 Å². The number of hydrogen-bond acceptors (Lipinski definition) is 4. The van der Waals surface area contributed by atoms with Gasteiger partial charge in [-0.3, -0.25) is 0 Å². The maximum atomic E-state index is 12.4. The first-order chi connectivity index (χ1) is 15.4. The van der Waals surface area contributed by atoms with Crippen LogP contribution in [0.2, 0.25) is 0 Å². The molecule has 3 aromatic rings. The molecule has 1 aliphatic carbocycles. The van der Waals surface area contributed by atoms with Crippen LogP contribution in [-0.2, 0) is 16.8 Å². The number of carbonyl (C=O) groups is 1. The molecule has 1 saturated carbocycles. The zero-order chi connectivity index (χ0) is 22.6. The summed E-state index contributed by atoms with van der Waals surface area (Å²) in [5.74, 6) is 7.18. The maximum absolute atomic E-state index is 12.4. The summed E-state index contributed by atoms with van der Waals surface area (Å²) in [5, 5.41) is 4.11. The van der Waals surface area contributed by atoms with Gasteiger partial charge in [0.2, 0.25) is 0 Å². The molecule has 32 heavy (non-hydrogen) atoms. The van der Waals surface area contributed by atoms with Crippen LogP contribution in [0.5, 0.6) is 0 Å². The monoisotopic (exact) mass is 427 g/mol. The number of nitrogens with zero attached hydrogens (tertiary/aromatic N) is 1. The van der Waals surface area contributed by atoms with Gasteiger partial charge in [-0.2, -0.15) is 0 Å². The highest BCUT2D eigenvalue weighted by Crippen LogP contribution is 2.26. The first-order valence-corrected chi connectivity index (χ1v) is 11.2. The van der Waals surface area contributed by atoms with E-state index in [0.29, 0.717) is 17.2 Å². The Morgan fingerprint density at radius 1 is 1.06 bits per heavy atom. The highest BCUT2D eigenvalue weighted by atomic mass is 16.5. The van der Waals surface area contributed by atoms with E-state index < -0.39 is 5.97 Å². The summed E-state index contributed by atoms with van der Waals surface area (Å²) >= 11 is 0. The first-order valence-electron chi connectivity index (χ1n) is 11.2. The summed E-state index contributed by atoms with van der Waals surface area (Å²) in [7, 11) is 0. The van der Waals surface area contributed by atoms with Crippen molar-refractivity contribution >= 4 is 5.97 Å². The second-order valence-corrected chi connectivity index (χ2v) is 9.41. The Hall–Kier alpha value is -3.32. The highest BCUT2D eigenvalue weighted by Gasteiger charge is 2.15. The SMILES string of the molecule is CC(C)(C)c1ccc(-c2cc(COC(=O)c3ccc(C#CC4CCCC4)cc3)on2)cc1. The molecule has 0 aliphatic heterocycles. The van der Waals surface area contributed by atoms with Crippen LogP contribution in [0.25, 0.3) is 11.3 Å². The van der Waals surface area contributed by atoms with Crippen molar-refractivity contribution in [1.82, 2.24) is 5.16 Å². The zero-order valence-corrected chi connectivity index (χ0v) is 19.0. The number of carbonyl (C=O) groups excluding carboxylic acids is 1. The minimum Gasteiger partial charge on any atom is -0.454 e. The Bertz CT molecular complexity index is 1120. The quantitative estimate of drug-likeness (QED) is 0.350. The standard InChI is InChI=1S/C28H29NO3/c1-28(2,3)24-16-14-22(15-17-24)26-18-25(32-29-26)19-31-27(30)23-12-10-21(11-13-23)9-8-20-6-4-5-7-20/h10-18,20H,4-7,19H2,1-3H3. The summed E-state index contributed by atoms with van der Waals surface area (Å²) in [5.41, 5.74) is 4.46. The number of aromatic nitrogens is 1. The van der Waals surface area contributed by atoms with Crippen LogP contribution in [0.4, 0.5) is 0 Å². The molecule has 4 heteroatoms. The fourth-order valence-electron chi connectivity index (χ4n) is 3.82. The Labute approximate surface area is 190 Å². The molecule has 1 fully saturated rings. The van der Waals surface area contributed by atoms with Gasteiger partial charge in [0, 0.05) is 23.1 Å². The number of esters is 1. The van der Waals surface area contributed by atoms with Gasteiger partial charge in [0.1, 0.15) is 5.69 Å². The average Bonchev–Trinajstić information content (AvgIpc) is 3.48. The van der Waals surface area contributed by atoms with Crippen LogP contribution in [-0.4, -0.2) is 11.1 Å². The van der Waals surface area contributed by atoms with Crippen LogP contribution in [0.15, 0.2) is 59.1 Å². The van der Waals surface area contributed by atoms with Gasteiger partial charge in [-0.05, 0) is 48.1 Å². The summed E-state index contributed by atoms with van der Waals surface area (Å²) in [4.78, 5) is 12.4. The van der Waals surface area contributed by atoms with Gasteiger partial charge in [-0.15, -0.1) is 0 Å². The molecule has 0 saturated heterocycles. The Morgan fingerprint density at radius 2 is 1.75 bits per heavy atom. The third kappa shape index (κ3) is 5.48. The smallest absolute Gasteiger partial charge is 0.338 e. The molecule has 0 unspecified atom stereocenters. The van der Waals surface area contributed by atoms with Crippen LogP contribution in [0.1, 0.15) is 73.7 Å². The molecule has 0 amide bonds. The molecule has 0 bridgehead atoms. The number of rotatable bonds is 4. The molecule has 4 rings (SSSR count).